The van der Waals surface area contributed by atoms with Gasteiger partial charge in [0.1, 0.15) is 0 Å². The van der Waals surface area contributed by atoms with Crippen LogP contribution in [0.5, 0.6) is 0 Å². The molecule has 0 radical (unpaired) electrons. The van der Waals surface area contributed by atoms with Gasteiger partial charge >= 0.3 is 0 Å². The van der Waals surface area contributed by atoms with Crippen molar-refractivity contribution in [1.82, 2.24) is 10.6 Å². The zero-order valence-corrected chi connectivity index (χ0v) is 11.7. The maximum Gasteiger partial charge on any atom is 0.237 e. The summed E-state index contributed by atoms with van der Waals surface area (Å²) in [5.41, 5.74) is 1.30. The lowest BCUT2D eigenvalue weighted by Gasteiger charge is -2.17. The Balaban J connectivity index is 1.65. The topological polar surface area (TPSA) is 41.1 Å². The van der Waals surface area contributed by atoms with Crippen molar-refractivity contribution in [1.29, 1.82) is 0 Å². The first-order valence-electron chi connectivity index (χ1n) is 7.33. The highest BCUT2D eigenvalue weighted by Crippen LogP contribution is 2.17. The summed E-state index contributed by atoms with van der Waals surface area (Å²) in [5.74, 6) is 0.139. The zero-order valence-electron chi connectivity index (χ0n) is 11.7. The van der Waals surface area contributed by atoms with Crippen molar-refractivity contribution in [2.75, 3.05) is 6.54 Å². The van der Waals surface area contributed by atoms with Gasteiger partial charge in [0.05, 0.1) is 6.04 Å². The average molecular weight is 260 g/mol. The molecular weight excluding hydrogens is 236 g/mol. The van der Waals surface area contributed by atoms with Crippen molar-refractivity contribution in [3.05, 3.63) is 35.9 Å². The van der Waals surface area contributed by atoms with Crippen molar-refractivity contribution in [2.45, 2.75) is 51.1 Å². The minimum atomic E-state index is -0.107. The van der Waals surface area contributed by atoms with Crippen LogP contribution in [0, 0.1) is 0 Å². The summed E-state index contributed by atoms with van der Waals surface area (Å²) in [7, 11) is 0. The van der Waals surface area contributed by atoms with Gasteiger partial charge in [-0.05, 0) is 38.3 Å². The molecule has 1 atom stereocenters. The van der Waals surface area contributed by atoms with Gasteiger partial charge in [-0.1, -0.05) is 43.2 Å². The Labute approximate surface area is 115 Å². The van der Waals surface area contributed by atoms with Gasteiger partial charge in [-0.25, -0.2) is 0 Å². The Morgan fingerprint density at radius 3 is 2.63 bits per heavy atom. The van der Waals surface area contributed by atoms with Crippen LogP contribution in [0.4, 0.5) is 0 Å². The van der Waals surface area contributed by atoms with Gasteiger partial charge in [-0.2, -0.15) is 0 Å². The third-order valence-corrected chi connectivity index (χ3v) is 3.80. The molecule has 0 bridgehead atoms. The van der Waals surface area contributed by atoms with Crippen LogP contribution in [-0.2, 0) is 11.2 Å². The molecule has 1 aliphatic carbocycles. The van der Waals surface area contributed by atoms with Crippen LogP contribution in [-0.4, -0.2) is 24.5 Å². The average Bonchev–Trinajstić information content (AvgIpc) is 2.92. The molecule has 0 heterocycles. The number of nitrogens with one attached hydrogen (secondary N) is 2. The summed E-state index contributed by atoms with van der Waals surface area (Å²) in [6, 6.07) is 10.6. The Bertz CT molecular complexity index is 385. The largest absolute Gasteiger partial charge is 0.352 e. The standard InChI is InChI=1S/C16H24N2O/c1-13(16(19)18-15-9-5-6-10-15)17-12-11-14-7-3-2-4-8-14/h2-4,7-8,13,15,17H,5-6,9-12H2,1H3,(H,18,19). The van der Waals surface area contributed by atoms with E-state index in [1.165, 1.54) is 18.4 Å². The smallest absolute Gasteiger partial charge is 0.237 e. The van der Waals surface area contributed by atoms with E-state index in [9.17, 15) is 4.79 Å². The van der Waals surface area contributed by atoms with Crippen LogP contribution in [0.15, 0.2) is 30.3 Å². The molecule has 19 heavy (non-hydrogen) atoms. The maximum absolute atomic E-state index is 12.0. The van der Waals surface area contributed by atoms with Gasteiger partial charge in [0, 0.05) is 6.04 Å². The van der Waals surface area contributed by atoms with Crippen LogP contribution in [0.3, 0.4) is 0 Å². The summed E-state index contributed by atoms with van der Waals surface area (Å²) < 4.78 is 0. The first kappa shape index (κ1) is 14.1. The molecule has 0 saturated heterocycles. The van der Waals surface area contributed by atoms with Gasteiger partial charge in [0.25, 0.3) is 0 Å². The first-order chi connectivity index (χ1) is 9.25. The minimum absolute atomic E-state index is 0.107. The predicted octanol–water partition coefficient (Wildman–Crippen LogP) is 2.27. The molecule has 1 saturated carbocycles. The quantitative estimate of drug-likeness (QED) is 0.824. The molecule has 104 valence electrons. The number of carbonyl (C=O) groups excluding carboxylic acids is 1. The second kappa shape index (κ2) is 7.29. The number of benzene rings is 1. The number of amides is 1. The van der Waals surface area contributed by atoms with E-state index in [1.54, 1.807) is 0 Å². The lowest BCUT2D eigenvalue weighted by molar-refractivity contribution is -0.123. The Morgan fingerprint density at radius 1 is 1.26 bits per heavy atom. The molecule has 0 aliphatic heterocycles. The van der Waals surface area contributed by atoms with E-state index >= 15 is 0 Å². The van der Waals surface area contributed by atoms with Crippen molar-refractivity contribution < 1.29 is 4.79 Å². The fourth-order valence-corrected chi connectivity index (χ4v) is 2.57. The predicted molar refractivity (Wildman–Crippen MR) is 78.0 cm³/mol. The maximum atomic E-state index is 12.0. The lowest BCUT2D eigenvalue weighted by Crippen LogP contribution is -2.46. The van der Waals surface area contributed by atoms with Gasteiger partial charge in [0.2, 0.25) is 5.91 Å². The Kier molecular flexibility index (Phi) is 5.40. The Morgan fingerprint density at radius 2 is 1.95 bits per heavy atom. The number of hydrogen-bond acceptors (Lipinski definition) is 2. The Hall–Kier alpha value is -1.35. The van der Waals surface area contributed by atoms with Gasteiger partial charge in [0.15, 0.2) is 0 Å². The molecule has 1 amide bonds. The molecule has 1 aromatic rings. The van der Waals surface area contributed by atoms with Crippen LogP contribution >= 0.6 is 0 Å². The third-order valence-electron chi connectivity index (χ3n) is 3.80. The molecule has 3 nitrogen and oxygen atoms in total. The molecule has 1 fully saturated rings. The molecular formula is C16H24N2O. The third kappa shape index (κ3) is 4.67. The van der Waals surface area contributed by atoms with Crippen LogP contribution < -0.4 is 10.6 Å². The zero-order chi connectivity index (χ0) is 13.5. The molecule has 1 aliphatic rings. The molecule has 2 N–H and O–H groups in total. The minimum Gasteiger partial charge on any atom is -0.352 e. The van der Waals surface area contributed by atoms with Gasteiger partial charge in [-0.15, -0.1) is 0 Å². The van der Waals surface area contributed by atoms with Crippen molar-refractivity contribution in [3.63, 3.8) is 0 Å². The fraction of sp³-hybridized carbons (Fsp3) is 0.562. The summed E-state index contributed by atoms with van der Waals surface area (Å²) in [6.45, 7) is 2.78. The van der Waals surface area contributed by atoms with E-state index in [1.807, 2.05) is 25.1 Å². The highest BCUT2D eigenvalue weighted by molar-refractivity contribution is 5.81. The molecule has 0 aromatic heterocycles. The van der Waals surface area contributed by atoms with Crippen LogP contribution in [0.1, 0.15) is 38.2 Å². The molecule has 1 aromatic carbocycles. The fourth-order valence-electron chi connectivity index (χ4n) is 2.57. The summed E-state index contributed by atoms with van der Waals surface area (Å²) >= 11 is 0. The van der Waals surface area contributed by atoms with E-state index in [0.29, 0.717) is 6.04 Å². The van der Waals surface area contributed by atoms with Crippen LogP contribution in [0.25, 0.3) is 0 Å². The second-order valence-corrected chi connectivity index (χ2v) is 5.40. The van der Waals surface area contributed by atoms with Gasteiger partial charge in [-0.3, -0.25) is 4.79 Å². The molecule has 1 unspecified atom stereocenters. The number of rotatable bonds is 6. The monoisotopic (exact) mass is 260 g/mol. The summed E-state index contributed by atoms with van der Waals surface area (Å²) in [5, 5.41) is 6.42. The molecule has 3 heteroatoms. The normalized spacial score (nSPS) is 17.3. The molecule has 2 rings (SSSR count). The second-order valence-electron chi connectivity index (χ2n) is 5.40. The van der Waals surface area contributed by atoms with Gasteiger partial charge < -0.3 is 10.6 Å². The first-order valence-corrected chi connectivity index (χ1v) is 7.33. The van der Waals surface area contributed by atoms with Crippen LogP contribution in [0.2, 0.25) is 0 Å². The molecule has 0 spiro atoms. The van der Waals surface area contributed by atoms with Crippen molar-refractivity contribution in [2.24, 2.45) is 0 Å². The summed E-state index contributed by atoms with van der Waals surface area (Å²) in [6.07, 6.45) is 5.74. The lowest BCUT2D eigenvalue weighted by atomic mass is 10.1. The number of hydrogen-bond donors (Lipinski definition) is 2. The summed E-state index contributed by atoms with van der Waals surface area (Å²) in [4.78, 5) is 12.0. The highest BCUT2D eigenvalue weighted by atomic mass is 16.2. The SMILES string of the molecule is CC(NCCc1ccccc1)C(=O)NC1CCCC1. The van der Waals surface area contributed by atoms with Crippen molar-refractivity contribution >= 4 is 5.91 Å². The van der Waals surface area contributed by atoms with E-state index in [2.05, 4.69) is 22.8 Å². The van der Waals surface area contributed by atoms with E-state index in [-0.39, 0.29) is 11.9 Å². The van der Waals surface area contributed by atoms with E-state index < -0.39 is 0 Å². The van der Waals surface area contributed by atoms with E-state index in [4.69, 9.17) is 0 Å². The van der Waals surface area contributed by atoms with Crippen molar-refractivity contribution in [3.8, 4) is 0 Å². The number of carbonyl (C=O) groups is 1. The van der Waals surface area contributed by atoms with E-state index in [0.717, 1.165) is 25.8 Å². The highest BCUT2D eigenvalue weighted by Gasteiger charge is 2.19.